The molecule has 0 radical (unpaired) electrons. The predicted octanol–water partition coefficient (Wildman–Crippen LogP) is 2.21. The number of aryl methyl sites for hydroxylation is 1. The van der Waals surface area contributed by atoms with E-state index in [4.69, 9.17) is 5.73 Å². The number of para-hydroxylation sites is 1. The van der Waals surface area contributed by atoms with Gasteiger partial charge in [-0.25, -0.2) is 4.39 Å². The monoisotopic (exact) mass is 283 g/mol. The molecule has 0 spiro atoms. The first-order valence-corrected chi connectivity index (χ1v) is 6.56. The van der Waals surface area contributed by atoms with Crippen LogP contribution in [0, 0.1) is 12.7 Å². The van der Waals surface area contributed by atoms with E-state index in [0.717, 1.165) is 11.1 Å². The maximum Gasteiger partial charge on any atom is 0.263 e. The van der Waals surface area contributed by atoms with Gasteiger partial charge in [-0.2, -0.15) is 0 Å². The van der Waals surface area contributed by atoms with Gasteiger partial charge in [0.25, 0.3) is 5.91 Å². The van der Waals surface area contributed by atoms with Crippen LogP contribution in [0.15, 0.2) is 47.5 Å². The first-order valence-electron chi connectivity index (χ1n) is 6.56. The van der Waals surface area contributed by atoms with Crippen LogP contribution in [0.4, 0.5) is 10.1 Å². The topological polar surface area (TPSA) is 67.5 Å². The van der Waals surface area contributed by atoms with E-state index >= 15 is 0 Å². The van der Waals surface area contributed by atoms with Crippen LogP contribution in [0.1, 0.15) is 16.7 Å². The van der Waals surface area contributed by atoms with Gasteiger partial charge in [-0.3, -0.25) is 9.79 Å². The lowest BCUT2D eigenvalue weighted by Crippen LogP contribution is -2.33. The zero-order valence-corrected chi connectivity index (χ0v) is 11.4. The minimum Gasteiger partial charge on any atom is -0.322 e. The second kappa shape index (κ2) is 5.10. The molecule has 2 aromatic rings. The first-order chi connectivity index (χ1) is 10.1. The highest BCUT2D eigenvalue weighted by molar-refractivity contribution is 6.19. The summed E-state index contributed by atoms with van der Waals surface area (Å²) in [6.07, 6.45) is -1.02. The standard InChI is InChI=1S/C16H14FN3O/c1-9-4-2-7-12-13(9)20-16(21)15(18)19-14(12)10-5-3-6-11(17)8-10/h2-8,15H,18H2,1H3,(H,20,21)/t15-/m1/s1. The lowest BCUT2D eigenvalue weighted by molar-refractivity contribution is -0.117. The molecule has 2 aromatic carbocycles. The van der Waals surface area contributed by atoms with Gasteiger partial charge in [-0.05, 0) is 24.6 Å². The molecule has 1 aliphatic heterocycles. The molecule has 0 unspecified atom stereocenters. The Bertz CT molecular complexity index is 755. The summed E-state index contributed by atoms with van der Waals surface area (Å²) >= 11 is 0. The molecule has 106 valence electrons. The molecule has 21 heavy (non-hydrogen) atoms. The number of hydrogen-bond donors (Lipinski definition) is 2. The number of benzene rings is 2. The molecule has 0 saturated heterocycles. The number of halogens is 1. The molecule has 0 aromatic heterocycles. The number of hydrogen-bond acceptors (Lipinski definition) is 3. The molecule has 3 rings (SSSR count). The largest absolute Gasteiger partial charge is 0.322 e. The predicted molar refractivity (Wildman–Crippen MR) is 79.8 cm³/mol. The van der Waals surface area contributed by atoms with Gasteiger partial charge in [-0.15, -0.1) is 0 Å². The third-order valence-corrected chi connectivity index (χ3v) is 3.41. The average Bonchev–Trinajstić information content (AvgIpc) is 2.58. The molecule has 0 fully saturated rings. The number of amides is 1. The molecular weight excluding hydrogens is 269 g/mol. The van der Waals surface area contributed by atoms with Crippen molar-refractivity contribution in [1.82, 2.24) is 0 Å². The van der Waals surface area contributed by atoms with E-state index in [9.17, 15) is 9.18 Å². The number of aliphatic imine (C=N–C) groups is 1. The molecule has 5 heteroatoms. The first kappa shape index (κ1) is 13.5. The number of carbonyl (C=O) groups excluding carboxylic acids is 1. The number of nitrogens with two attached hydrogens (primary N) is 1. The van der Waals surface area contributed by atoms with Crippen LogP contribution in [0.5, 0.6) is 0 Å². The third kappa shape index (κ3) is 2.43. The zero-order valence-electron chi connectivity index (χ0n) is 11.4. The lowest BCUT2D eigenvalue weighted by Gasteiger charge is -2.12. The maximum atomic E-state index is 13.5. The summed E-state index contributed by atoms with van der Waals surface area (Å²) in [5.41, 5.74) is 9.19. The van der Waals surface area contributed by atoms with E-state index in [-0.39, 0.29) is 11.7 Å². The fourth-order valence-electron chi connectivity index (χ4n) is 2.36. The minimum atomic E-state index is -1.02. The van der Waals surface area contributed by atoms with Gasteiger partial charge in [0.15, 0.2) is 6.17 Å². The van der Waals surface area contributed by atoms with Crippen molar-refractivity contribution in [3.63, 3.8) is 0 Å². The van der Waals surface area contributed by atoms with E-state index in [1.54, 1.807) is 12.1 Å². The molecule has 1 amide bonds. The van der Waals surface area contributed by atoms with Gasteiger partial charge in [0, 0.05) is 11.1 Å². The number of benzodiazepines with no additional fused rings is 1. The lowest BCUT2D eigenvalue weighted by atomic mass is 9.98. The number of carbonyl (C=O) groups is 1. The van der Waals surface area contributed by atoms with Crippen molar-refractivity contribution in [3.8, 4) is 0 Å². The van der Waals surface area contributed by atoms with Crippen LogP contribution in [-0.2, 0) is 4.79 Å². The maximum absolute atomic E-state index is 13.5. The fraction of sp³-hybridized carbons (Fsp3) is 0.125. The molecule has 1 aliphatic rings. The highest BCUT2D eigenvalue weighted by Gasteiger charge is 2.24. The summed E-state index contributed by atoms with van der Waals surface area (Å²) in [6, 6.07) is 11.7. The fourth-order valence-corrected chi connectivity index (χ4v) is 2.36. The van der Waals surface area contributed by atoms with E-state index < -0.39 is 6.17 Å². The molecule has 1 atom stereocenters. The Morgan fingerprint density at radius 2 is 2.00 bits per heavy atom. The molecule has 0 aliphatic carbocycles. The highest BCUT2D eigenvalue weighted by atomic mass is 19.1. The van der Waals surface area contributed by atoms with Crippen molar-refractivity contribution in [2.45, 2.75) is 13.1 Å². The van der Waals surface area contributed by atoms with Gasteiger partial charge < -0.3 is 11.1 Å². The van der Waals surface area contributed by atoms with Crippen molar-refractivity contribution >= 4 is 17.3 Å². The van der Waals surface area contributed by atoms with E-state index in [1.165, 1.54) is 12.1 Å². The highest BCUT2D eigenvalue weighted by Crippen LogP contribution is 2.26. The Morgan fingerprint density at radius 1 is 1.24 bits per heavy atom. The summed E-state index contributed by atoms with van der Waals surface area (Å²) in [4.78, 5) is 16.2. The molecule has 0 saturated carbocycles. The summed E-state index contributed by atoms with van der Waals surface area (Å²) in [6.45, 7) is 1.89. The van der Waals surface area contributed by atoms with Gasteiger partial charge >= 0.3 is 0 Å². The van der Waals surface area contributed by atoms with E-state index in [0.29, 0.717) is 17.0 Å². The molecule has 4 nitrogen and oxygen atoms in total. The van der Waals surface area contributed by atoms with Crippen molar-refractivity contribution < 1.29 is 9.18 Å². The van der Waals surface area contributed by atoms with E-state index in [2.05, 4.69) is 10.3 Å². The quantitative estimate of drug-likeness (QED) is 0.842. The second-order valence-corrected chi connectivity index (χ2v) is 4.92. The number of fused-ring (bicyclic) bond motifs is 1. The summed E-state index contributed by atoms with van der Waals surface area (Å²) < 4.78 is 13.5. The van der Waals surface area contributed by atoms with Crippen molar-refractivity contribution in [1.29, 1.82) is 0 Å². The van der Waals surface area contributed by atoms with Gasteiger partial charge in [0.05, 0.1) is 11.4 Å². The van der Waals surface area contributed by atoms with Crippen molar-refractivity contribution in [3.05, 3.63) is 65.0 Å². The van der Waals surface area contributed by atoms with Crippen LogP contribution >= 0.6 is 0 Å². The normalized spacial score (nSPS) is 17.6. The van der Waals surface area contributed by atoms with Crippen LogP contribution < -0.4 is 11.1 Å². The van der Waals surface area contributed by atoms with Crippen LogP contribution in [0.2, 0.25) is 0 Å². The summed E-state index contributed by atoms with van der Waals surface area (Å²) in [5.74, 6) is -0.738. The third-order valence-electron chi connectivity index (χ3n) is 3.41. The Hall–Kier alpha value is -2.53. The van der Waals surface area contributed by atoms with Gasteiger partial charge in [0.2, 0.25) is 0 Å². The summed E-state index contributed by atoms with van der Waals surface area (Å²) in [7, 11) is 0. The van der Waals surface area contributed by atoms with Crippen LogP contribution in [-0.4, -0.2) is 17.8 Å². The zero-order chi connectivity index (χ0) is 15.0. The Labute approximate surface area is 121 Å². The van der Waals surface area contributed by atoms with Crippen molar-refractivity contribution in [2.75, 3.05) is 5.32 Å². The minimum absolute atomic E-state index is 0.360. The average molecular weight is 283 g/mol. The van der Waals surface area contributed by atoms with Gasteiger partial charge in [0.1, 0.15) is 5.82 Å². The summed E-state index contributed by atoms with van der Waals surface area (Å²) in [5, 5.41) is 2.78. The molecule has 0 bridgehead atoms. The Kier molecular flexibility index (Phi) is 3.27. The van der Waals surface area contributed by atoms with Crippen LogP contribution in [0.3, 0.4) is 0 Å². The molecular formula is C16H14FN3O. The smallest absolute Gasteiger partial charge is 0.263 e. The number of anilines is 1. The van der Waals surface area contributed by atoms with Crippen LogP contribution in [0.25, 0.3) is 0 Å². The number of rotatable bonds is 1. The second-order valence-electron chi connectivity index (χ2n) is 4.92. The Balaban J connectivity index is 2.25. The van der Waals surface area contributed by atoms with Gasteiger partial charge in [-0.1, -0.05) is 30.3 Å². The SMILES string of the molecule is Cc1cccc2c1NC(=O)[C@H](N)N=C2c1cccc(F)c1. The molecule has 1 heterocycles. The van der Waals surface area contributed by atoms with Crippen molar-refractivity contribution in [2.24, 2.45) is 10.7 Å². The number of nitrogens with zero attached hydrogens (tertiary/aromatic N) is 1. The Morgan fingerprint density at radius 3 is 2.76 bits per heavy atom. The van der Waals surface area contributed by atoms with E-state index in [1.807, 2.05) is 25.1 Å². The number of nitrogens with one attached hydrogen (secondary N) is 1. The molecule has 3 N–H and O–H groups in total.